The smallest absolute Gasteiger partial charge is 0.0956 e. The van der Waals surface area contributed by atoms with E-state index in [0.717, 1.165) is 19.3 Å². The lowest BCUT2D eigenvalue weighted by molar-refractivity contribution is 0.117. The van der Waals surface area contributed by atoms with E-state index in [1.54, 1.807) is 0 Å². The maximum atomic E-state index is 9.30. The monoisotopic (exact) mass is 416 g/mol. The minimum Gasteiger partial charge on any atom is -0.381 e. The largest absolute Gasteiger partial charge is 0.381 e. The van der Waals surface area contributed by atoms with Crippen LogP contribution in [0.25, 0.3) is 0 Å². The lowest BCUT2D eigenvalue weighted by Crippen LogP contribution is -2.40. The lowest BCUT2D eigenvalue weighted by atomic mass is 10.2. The Labute approximate surface area is 174 Å². The van der Waals surface area contributed by atoms with Crippen LogP contribution in [0.3, 0.4) is 0 Å². The summed E-state index contributed by atoms with van der Waals surface area (Å²) >= 11 is 0. The number of hydrogen-bond donors (Lipinski definition) is 2. The van der Waals surface area contributed by atoms with Gasteiger partial charge in [-0.15, -0.1) is 0 Å². The Morgan fingerprint density at radius 1 is 0.750 bits per heavy atom. The van der Waals surface area contributed by atoms with E-state index < -0.39 is 16.1 Å². The summed E-state index contributed by atoms with van der Waals surface area (Å²) in [4.78, 5) is 2.11. The summed E-state index contributed by atoms with van der Waals surface area (Å²) in [6.45, 7) is 16.1. The third kappa shape index (κ3) is 13.0. The molecule has 2 aromatic carbocycles. The van der Waals surface area contributed by atoms with Gasteiger partial charge in [-0.1, -0.05) is 99.9 Å². The highest BCUT2D eigenvalue weighted by Crippen LogP contribution is 2.08. The fraction of sp³-hybridized carbons (Fsp3) is 0.478. The molecular weight excluding hydrogens is 376 g/mol. The predicted octanol–water partition coefficient (Wildman–Crippen LogP) is 4.97. The molecule has 5 heteroatoms. The topological polar surface area (TPSA) is 35.5 Å². The number of aliphatic hydroxyl groups is 1. The van der Waals surface area contributed by atoms with Crippen molar-refractivity contribution in [2.24, 2.45) is 0 Å². The van der Waals surface area contributed by atoms with Gasteiger partial charge in [0.2, 0.25) is 0 Å². The third-order valence-electron chi connectivity index (χ3n) is 3.97. The summed E-state index contributed by atoms with van der Waals surface area (Å²) in [5.41, 5.74) is 2.64. The molecule has 3 nitrogen and oxygen atoms in total. The van der Waals surface area contributed by atoms with Gasteiger partial charge in [-0.2, -0.15) is 0 Å². The highest BCUT2D eigenvalue weighted by Gasteiger charge is 2.17. The van der Waals surface area contributed by atoms with Crippen molar-refractivity contribution >= 4 is 16.1 Å². The van der Waals surface area contributed by atoms with Gasteiger partial charge in [0.05, 0.1) is 22.9 Å². The molecule has 0 unspecified atom stereocenters. The zero-order chi connectivity index (χ0) is 21.0. The third-order valence-corrected chi connectivity index (χ3v) is 6.68. The zero-order valence-corrected chi connectivity index (χ0v) is 20.7. The fourth-order valence-corrected chi connectivity index (χ4v) is 5.27. The van der Waals surface area contributed by atoms with E-state index in [4.69, 9.17) is 0 Å². The van der Waals surface area contributed by atoms with Gasteiger partial charge < -0.3 is 10.4 Å². The molecule has 28 heavy (non-hydrogen) atoms. The van der Waals surface area contributed by atoms with Gasteiger partial charge >= 0.3 is 0 Å². The summed E-state index contributed by atoms with van der Waals surface area (Å²) < 4.78 is 0. The van der Waals surface area contributed by atoms with Gasteiger partial charge in [-0.3, -0.25) is 4.90 Å². The minimum absolute atomic E-state index is 0.152. The van der Waals surface area contributed by atoms with Gasteiger partial charge in [0, 0.05) is 13.1 Å². The highest BCUT2D eigenvalue weighted by molar-refractivity contribution is 6.76. The maximum Gasteiger partial charge on any atom is 0.0956 e. The summed E-state index contributed by atoms with van der Waals surface area (Å²) in [5.74, 6) is 0. The summed E-state index contributed by atoms with van der Waals surface area (Å²) in [6.07, 6.45) is 2.24. The molecule has 2 rings (SSSR count). The van der Waals surface area contributed by atoms with Crippen LogP contribution in [-0.4, -0.2) is 45.2 Å². The van der Waals surface area contributed by atoms with E-state index in [0.29, 0.717) is 0 Å². The Bertz CT molecular complexity index is 637. The Balaban J connectivity index is 0.000000283. The number of rotatable bonds is 9. The quantitative estimate of drug-likeness (QED) is 0.447. The van der Waals surface area contributed by atoms with Crippen molar-refractivity contribution in [2.45, 2.75) is 52.4 Å². The second kappa shape index (κ2) is 12.3. The van der Waals surface area contributed by atoms with Crippen molar-refractivity contribution in [3.05, 3.63) is 71.8 Å². The van der Waals surface area contributed by atoms with Crippen LogP contribution in [0.1, 0.15) is 11.1 Å². The van der Waals surface area contributed by atoms with Gasteiger partial charge in [0.15, 0.2) is 0 Å². The minimum atomic E-state index is -1.13. The van der Waals surface area contributed by atoms with Crippen molar-refractivity contribution < 1.29 is 5.11 Å². The number of hydrogen-bond acceptors (Lipinski definition) is 3. The van der Waals surface area contributed by atoms with E-state index in [9.17, 15) is 5.11 Å². The van der Waals surface area contributed by atoms with Crippen LogP contribution in [0.4, 0.5) is 0 Å². The van der Waals surface area contributed by atoms with Crippen molar-refractivity contribution in [3.63, 3.8) is 0 Å². The van der Waals surface area contributed by atoms with E-state index >= 15 is 0 Å². The summed E-state index contributed by atoms with van der Waals surface area (Å²) in [5, 5.41) is 12.8. The Kier molecular flexibility index (Phi) is 10.9. The molecule has 0 fully saturated rings. The van der Waals surface area contributed by atoms with Crippen molar-refractivity contribution in [3.8, 4) is 0 Å². The molecular formula is C23H40N2OSi2. The van der Waals surface area contributed by atoms with Crippen LogP contribution in [0.2, 0.25) is 39.3 Å². The number of benzene rings is 2. The SMILES string of the molecule is C[Si](C)(C)CN(CO)Cc1ccccc1.C[Si](C)(C)CNCc1ccccc1. The van der Waals surface area contributed by atoms with Crippen LogP contribution in [-0.2, 0) is 13.1 Å². The van der Waals surface area contributed by atoms with Gasteiger partial charge in [-0.05, 0) is 23.5 Å². The first-order valence-electron chi connectivity index (χ1n) is 10.2. The molecule has 0 heterocycles. The van der Waals surface area contributed by atoms with E-state index in [1.165, 1.54) is 17.3 Å². The van der Waals surface area contributed by atoms with Crippen LogP contribution < -0.4 is 5.32 Å². The molecule has 0 radical (unpaired) electrons. The average Bonchev–Trinajstić information content (AvgIpc) is 2.61. The first-order valence-corrected chi connectivity index (χ1v) is 17.6. The molecule has 0 aliphatic heterocycles. The van der Waals surface area contributed by atoms with Crippen molar-refractivity contribution in [2.75, 3.05) is 19.1 Å². The highest BCUT2D eigenvalue weighted by atomic mass is 28.3. The van der Waals surface area contributed by atoms with Gasteiger partial charge in [0.1, 0.15) is 0 Å². The van der Waals surface area contributed by atoms with Crippen LogP contribution >= 0.6 is 0 Å². The van der Waals surface area contributed by atoms with Crippen molar-refractivity contribution in [1.29, 1.82) is 0 Å². The number of nitrogens with zero attached hydrogens (tertiary/aromatic N) is 1. The molecule has 2 aromatic rings. The molecule has 0 atom stereocenters. The Morgan fingerprint density at radius 2 is 1.25 bits per heavy atom. The second-order valence-electron chi connectivity index (χ2n) is 9.82. The molecule has 0 spiro atoms. The molecule has 0 aliphatic carbocycles. The summed E-state index contributed by atoms with van der Waals surface area (Å²) in [6, 6.07) is 20.9. The molecule has 0 saturated heterocycles. The van der Waals surface area contributed by atoms with Gasteiger partial charge in [0.25, 0.3) is 0 Å². The Morgan fingerprint density at radius 3 is 1.68 bits per heavy atom. The zero-order valence-electron chi connectivity index (χ0n) is 18.7. The van der Waals surface area contributed by atoms with Crippen LogP contribution in [0.5, 0.6) is 0 Å². The van der Waals surface area contributed by atoms with Crippen molar-refractivity contribution in [1.82, 2.24) is 10.2 Å². The van der Waals surface area contributed by atoms with E-state index in [1.807, 2.05) is 18.2 Å². The van der Waals surface area contributed by atoms with Crippen LogP contribution in [0.15, 0.2) is 60.7 Å². The molecule has 0 amide bonds. The first kappa shape index (κ1) is 24.8. The lowest BCUT2D eigenvalue weighted by Gasteiger charge is -2.26. The van der Waals surface area contributed by atoms with Gasteiger partial charge in [-0.25, -0.2) is 0 Å². The number of nitrogens with one attached hydrogen (secondary N) is 1. The molecule has 0 bridgehead atoms. The normalized spacial score (nSPS) is 11.9. The van der Waals surface area contributed by atoms with E-state index in [2.05, 4.69) is 92.0 Å². The second-order valence-corrected chi connectivity index (χ2v) is 20.7. The van der Waals surface area contributed by atoms with Crippen LogP contribution in [0, 0.1) is 0 Å². The fourth-order valence-electron chi connectivity index (χ4n) is 2.85. The maximum absolute atomic E-state index is 9.30. The molecule has 0 aliphatic rings. The molecule has 0 saturated carbocycles. The number of aliphatic hydroxyl groups excluding tert-OH is 1. The summed E-state index contributed by atoms with van der Waals surface area (Å²) in [7, 11) is -2.05. The Hall–Kier alpha value is -1.25. The standard InChI is InChI=1S/C12H21NOSi.C11H19NSi/c1-15(2,3)11-13(10-14)9-12-7-5-4-6-8-12;1-13(2,3)10-12-9-11-7-5-4-6-8-11/h4-8,14H,9-11H2,1-3H3;4-8,12H,9-10H2,1-3H3. The molecule has 0 aromatic heterocycles. The average molecular weight is 417 g/mol. The molecule has 156 valence electrons. The molecule has 2 N–H and O–H groups in total. The predicted molar refractivity (Wildman–Crippen MR) is 129 cm³/mol. The van der Waals surface area contributed by atoms with E-state index in [-0.39, 0.29) is 6.73 Å². The first-order chi connectivity index (χ1) is 13.1.